The highest BCUT2D eigenvalue weighted by atomic mass is 35.5. The molecule has 0 atom stereocenters. The number of non-ortho nitro benzene ring substituents is 1. The fourth-order valence-electron chi connectivity index (χ4n) is 2.58. The van der Waals surface area contributed by atoms with Gasteiger partial charge in [0, 0.05) is 17.8 Å². The van der Waals surface area contributed by atoms with E-state index in [0.717, 1.165) is 6.07 Å². The first-order valence-corrected chi connectivity index (χ1v) is 9.13. The molecule has 31 heavy (non-hydrogen) atoms. The number of halogens is 3. The summed E-state index contributed by atoms with van der Waals surface area (Å²) in [6, 6.07) is 10.9. The number of hydrogen-bond acceptors (Lipinski definition) is 6. The second-order valence-electron chi connectivity index (χ2n) is 6.24. The van der Waals surface area contributed by atoms with Crippen molar-refractivity contribution in [1.82, 2.24) is 0 Å². The van der Waals surface area contributed by atoms with Crippen molar-refractivity contribution in [2.75, 3.05) is 5.32 Å². The number of aryl methyl sites for hydroxylation is 1. The van der Waals surface area contributed by atoms with Crippen LogP contribution in [0.15, 0.2) is 52.9 Å². The van der Waals surface area contributed by atoms with Gasteiger partial charge in [-0.3, -0.25) is 14.9 Å². The molecule has 0 saturated heterocycles. The van der Waals surface area contributed by atoms with Crippen LogP contribution in [-0.2, 0) is 6.61 Å². The van der Waals surface area contributed by atoms with Crippen LogP contribution in [0.25, 0.3) is 0 Å². The van der Waals surface area contributed by atoms with Gasteiger partial charge in [-0.15, -0.1) is 0 Å². The first kappa shape index (κ1) is 22.0. The number of amides is 1. The molecule has 0 fully saturated rings. The molecule has 8 nitrogen and oxygen atoms in total. The number of nitrogens with one attached hydrogen (secondary N) is 1. The maximum atomic E-state index is 12.4. The average molecular weight is 453 g/mol. The van der Waals surface area contributed by atoms with Crippen LogP contribution in [0, 0.1) is 17.0 Å². The molecule has 1 N–H and O–H groups in total. The molecule has 0 saturated carbocycles. The highest BCUT2D eigenvalue weighted by Crippen LogP contribution is 2.29. The van der Waals surface area contributed by atoms with Crippen molar-refractivity contribution < 1.29 is 32.4 Å². The maximum Gasteiger partial charge on any atom is 0.387 e. The van der Waals surface area contributed by atoms with Crippen LogP contribution < -0.4 is 14.8 Å². The molecular formula is C20H15ClF2N2O6. The minimum absolute atomic E-state index is 0.000651. The van der Waals surface area contributed by atoms with Crippen molar-refractivity contribution in [3.05, 3.63) is 80.8 Å². The zero-order valence-corrected chi connectivity index (χ0v) is 16.7. The summed E-state index contributed by atoms with van der Waals surface area (Å²) in [4.78, 5) is 22.6. The van der Waals surface area contributed by atoms with Gasteiger partial charge in [-0.05, 0) is 48.9 Å². The van der Waals surface area contributed by atoms with Crippen molar-refractivity contribution in [2.24, 2.45) is 0 Å². The smallest absolute Gasteiger partial charge is 0.387 e. The van der Waals surface area contributed by atoms with E-state index in [1.807, 2.05) is 0 Å². The van der Waals surface area contributed by atoms with Crippen molar-refractivity contribution in [3.8, 4) is 11.5 Å². The van der Waals surface area contributed by atoms with Gasteiger partial charge in [0.2, 0.25) is 0 Å². The lowest BCUT2D eigenvalue weighted by molar-refractivity contribution is -0.384. The highest BCUT2D eigenvalue weighted by molar-refractivity contribution is 6.32. The third-order valence-electron chi connectivity index (χ3n) is 4.05. The summed E-state index contributed by atoms with van der Waals surface area (Å²) in [5.41, 5.74) is 0.756. The molecule has 0 unspecified atom stereocenters. The number of nitro groups is 1. The molecule has 1 amide bonds. The Bertz CT molecular complexity index is 1120. The summed E-state index contributed by atoms with van der Waals surface area (Å²) in [7, 11) is 0. The lowest BCUT2D eigenvalue weighted by atomic mass is 10.2. The average Bonchev–Trinajstić information content (AvgIpc) is 3.17. The van der Waals surface area contributed by atoms with Gasteiger partial charge in [0.25, 0.3) is 11.6 Å². The fraction of sp³-hybridized carbons (Fsp3) is 0.150. The standard InChI is InChI=1S/C20H15ClF2N2O6/c1-11-8-13(31-20(22)23)3-5-16(11)24-19(26)18-7-4-14(30-18)10-29-17-6-2-12(25(27)28)9-15(17)21/h2-9,20H,10H2,1H3,(H,24,26). The van der Waals surface area contributed by atoms with Crippen molar-refractivity contribution in [2.45, 2.75) is 20.1 Å². The lowest BCUT2D eigenvalue weighted by Crippen LogP contribution is -2.12. The van der Waals surface area contributed by atoms with Crippen LogP contribution in [0.5, 0.6) is 11.5 Å². The summed E-state index contributed by atoms with van der Waals surface area (Å²) in [6.45, 7) is -1.38. The van der Waals surface area contributed by atoms with Gasteiger partial charge >= 0.3 is 6.61 Å². The molecule has 0 spiro atoms. The Labute approximate surface area is 179 Å². The van der Waals surface area contributed by atoms with E-state index in [1.54, 1.807) is 6.92 Å². The first-order valence-electron chi connectivity index (χ1n) is 8.75. The van der Waals surface area contributed by atoms with Crippen molar-refractivity contribution >= 4 is 28.9 Å². The van der Waals surface area contributed by atoms with Gasteiger partial charge in [0.1, 0.15) is 23.9 Å². The first-order chi connectivity index (χ1) is 14.7. The van der Waals surface area contributed by atoms with Crippen LogP contribution in [0.1, 0.15) is 21.9 Å². The molecule has 0 bridgehead atoms. The number of ether oxygens (including phenoxy) is 2. The molecule has 11 heteroatoms. The molecular weight excluding hydrogens is 438 g/mol. The van der Waals surface area contributed by atoms with E-state index < -0.39 is 17.4 Å². The summed E-state index contributed by atoms with van der Waals surface area (Å²) in [6.07, 6.45) is 0. The molecule has 0 aliphatic rings. The predicted molar refractivity (Wildman–Crippen MR) is 107 cm³/mol. The summed E-state index contributed by atoms with van der Waals surface area (Å²) in [5, 5.41) is 13.4. The van der Waals surface area contributed by atoms with Crippen LogP contribution in [0.4, 0.5) is 20.2 Å². The highest BCUT2D eigenvalue weighted by Gasteiger charge is 2.15. The summed E-state index contributed by atoms with van der Waals surface area (Å²) < 4.78 is 39.8. The second-order valence-corrected chi connectivity index (χ2v) is 6.64. The third-order valence-corrected chi connectivity index (χ3v) is 4.35. The zero-order chi connectivity index (χ0) is 22.5. The quantitative estimate of drug-likeness (QED) is 0.353. The number of anilines is 1. The van der Waals surface area contributed by atoms with E-state index >= 15 is 0 Å². The molecule has 0 radical (unpaired) electrons. The van der Waals surface area contributed by atoms with Crippen LogP contribution in [0.3, 0.4) is 0 Å². The van der Waals surface area contributed by atoms with Gasteiger partial charge < -0.3 is 19.2 Å². The molecule has 1 aromatic heterocycles. The number of alkyl halides is 2. The third kappa shape index (κ3) is 5.70. The van der Waals surface area contributed by atoms with Crippen LogP contribution in [-0.4, -0.2) is 17.4 Å². The topological polar surface area (TPSA) is 104 Å². The minimum Gasteiger partial charge on any atom is -0.484 e. The Kier molecular flexibility index (Phi) is 6.71. The lowest BCUT2D eigenvalue weighted by Gasteiger charge is -2.10. The Hall–Kier alpha value is -3.66. The largest absolute Gasteiger partial charge is 0.484 e. The fourth-order valence-corrected chi connectivity index (χ4v) is 2.81. The Morgan fingerprint density at radius 2 is 2.00 bits per heavy atom. The predicted octanol–water partition coefficient (Wildman–Crippen LogP) is 5.58. The molecule has 162 valence electrons. The van der Waals surface area contributed by atoms with E-state index in [0.29, 0.717) is 17.0 Å². The van der Waals surface area contributed by atoms with Crippen molar-refractivity contribution in [1.29, 1.82) is 0 Å². The van der Waals surface area contributed by atoms with Crippen LogP contribution >= 0.6 is 11.6 Å². The number of nitro benzene ring substituents is 1. The SMILES string of the molecule is Cc1cc(OC(F)F)ccc1NC(=O)c1ccc(COc2ccc([N+](=O)[O-])cc2Cl)o1. The Balaban J connectivity index is 1.61. The summed E-state index contributed by atoms with van der Waals surface area (Å²) >= 11 is 5.96. The second kappa shape index (κ2) is 9.43. The van der Waals surface area contributed by atoms with Gasteiger partial charge in [0.15, 0.2) is 5.76 Å². The monoisotopic (exact) mass is 452 g/mol. The number of hydrogen-bond donors (Lipinski definition) is 1. The molecule has 2 aromatic carbocycles. The van der Waals surface area contributed by atoms with E-state index in [2.05, 4.69) is 10.1 Å². The maximum absolute atomic E-state index is 12.4. The van der Waals surface area contributed by atoms with Crippen molar-refractivity contribution in [3.63, 3.8) is 0 Å². The molecule has 1 heterocycles. The number of benzene rings is 2. The Morgan fingerprint density at radius 1 is 1.23 bits per heavy atom. The van der Waals surface area contributed by atoms with E-state index in [4.69, 9.17) is 20.8 Å². The Morgan fingerprint density at radius 3 is 2.65 bits per heavy atom. The number of carbonyl (C=O) groups is 1. The minimum atomic E-state index is -2.94. The molecule has 0 aliphatic heterocycles. The molecule has 0 aliphatic carbocycles. The number of rotatable bonds is 8. The summed E-state index contributed by atoms with van der Waals surface area (Å²) in [5.74, 6) is -0.0350. The van der Waals surface area contributed by atoms with Gasteiger partial charge in [0.05, 0.1) is 9.95 Å². The van der Waals surface area contributed by atoms with E-state index in [9.17, 15) is 23.7 Å². The van der Waals surface area contributed by atoms with E-state index in [-0.39, 0.29) is 34.6 Å². The number of furan rings is 1. The van der Waals surface area contributed by atoms with Crippen LogP contribution in [0.2, 0.25) is 5.02 Å². The van der Waals surface area contributed by atoms with Gasteiger partial charge in [-0.2, -0.15) is 8.78 Å². The van der Waals surface area contributed by atoms with Gasteiger partial charge in [-0.25, -0.2) is 0 Å². The number of carbonyl (C=O) groups excluding carboxylic acids is 1. The molecule has 3 rings (SSSR count). The van der Waals surface area contributed by atoms with Gasteiger partial charge in [-0.1, -0.05) is 11.6 Å². The number of nitrogens with zero attached hydrogens (tertiary/aromatic N) is 1. The normalized spacial score (nSPS) is 10.7. The molecule has 3 aromatic rings. The zero-order valence-electron chi connectivity index (χ0n) is 15.9. The van der Waals surface area contributed by atoms with E-state index in [1.165, 1.54) is 42.5 Å².